The zero-order chi connectivity index (χ0) is 12.1. The van der Waals surface area contributed by atoms with Crippen LogP contribution in [0, 0.1) is 11.8 Å². The lowest BCUT2D eigenvalue weighted by molar-refractivity contribution is 0.120. The fourth-order valence-corrected chi connectivity index (χ4v) is 2.41. The maximum Gasteiger partial charge on any atom is 0.0218 e. The average molecular weight is 226 g/mol. The van der Waals surface area contributed by atoms with Crippen molar-refractivity contribution in [1.29, 1.82) is 0 Å². The van der Waals surface area contributed by atoms with Crippen LogP contribution in [0.3, 0.4) is 0 Å². The minimum atomic E-state index is 0.690. The highest BCUT2D eigenvalue weighted by Gasteiger charge is 2.25. The van der Waals surface area contributed by atoms with Crippen molar-refractivity contribution in [2.24, 2.45) is 11.8 Å². The predicted molar refractivity (Wildman–Crippen MR) is 71.7 cm³/mol. The van der Waals surface area contributed by atoms with Crippen LogP contribution in [-0.2, 0) is 0 Å². The molecule has 0 aliphatic carbocycles. The normalized spacial score (nSPS) is 27.9. The largest absolute Gasteiger partial charge is 0.311 e. The van der Waals surface area contributed by atoms with Gasteiger partial charge in [0.1, 0.15) is 0 Å². The van der Waals surface area contributed by atoms with Crippen LogP contribution in [-0.4, -0.2) is 36.6 Å². The molecule has 0 saturated carbocycles. The van der Waals surface area contributed by atoms with Crippen LogP contribution in [0.1, 0.15) is 47.5 Å². The van der Waals surface area contributed by atoms with E-state index in [-0.39, 0.29) is 0 Å². The van der Waals surface area contributed by atoms with Gasteiger partial charge in [-0.2, -0.15) is 0 Å². The zero-order valence-electron chi connectivity index (χ0n) is 11.8. The van der Waals surface area contributed by atoms with E-state index in [2.05, 4.69) is 44.8 Å². The van der Waals surface area contributed by atoms with Crippen LogP contribution in [0.25, 0.3) is 0 Å². The van der Waals surface area contributed by atoms with Gasteiger partial charge >= 0.3 is 0 Å². The van der Waals surface area contributed by atoms with Crippen molar-refractivity contribution in [3.8, 4) is 0 Å². The minimum Gasteiger partial charge on any atom is -0.311 e. The van der Waals surface area contributed by atoms with Crippen molar-refractivity contribution in [3.05, 3.63) is 0 Å². The fourth-order valence-electron chi connectivity index (χ4n) is 2.41. The summed E-state index contributed by atoms with van der Waals surface area (Å²) in [5.41, 5.74) is 0. The predicted octanol–water partition coefficient (Wildman–Crippen LogP) is 2.74. The molecule has 2 atom stereocenters. The van der Waals surface area contributed by atoms with Crippen LogP contribution in [0.5, 0.6) is 0 Å². The van der Waals surface area contributed by atoms with Gasteiger partial charge in [0, 0.05) is 25.2 Å². The Kier molecular flexibility index (Phi) is 5.77. The zero-order valence-corrected chi connectivity index (χ0v) is 11.8. The van der Waals surface area contributed by atoms with E-state index >= 15 is 0 Å². The molecule has 0 bridgehead atoms. The smallest absolute Gasteiger partial charge is 0.0218 e. The topological polar surface area (TPSA) is 15.3 Å². The Balaban J connectivity index is 2.32. The summed E-state index contributed by atoms with van der Waals surface area (Å²) in [7, 11) is 0. The Morgan fingerprint density at radius 1 is 1.25 bits per heavy atom. The Morgan fingerprint density at radius 2 is 1.94 bits per heavy atom. The van der Waals surface area contributed by atoms with Crippen LogP contribution in [0.4, 0.5) is 0 Å². The molecule has 1 heterocycles. The van der Waals surface area contributed by atoms with E-state index < -0.39 is 0 Å². The molecule has 0 radical (unpaired) electrons. The maximum atomic E-state index is 3.66. The van der Waals surface area contributed by atoms with Gasteiger partial charge in [0.15, 0.2) is 0 Å². The van der Waals surface area contributed by atoms with Crippen molar-refractivity contribution in [2.45, 2.75) is 59.5 Å². The first-order valence-electron chi connectivity index (χ1n) is 6.98. The highest BCUT2D eigenvalue weighted by Crippen LogP contribution is 2.14. The van der Waals surface area contributed by atoms with Crippen molar-refractivity contribution in [1.82, 2.24) is 10.2 Å². The monoisotopic (exact) mass is 226 g/mol. The Hall–Kier alpha value is -0.0800. The lowest BCUT2D eigenvalue weighted by atomic mass is 9.99. The van der Waals surface area contributed by atoms with E-state index in [1.54, 1.807) is 0 Å². The van der Waals surface area contributed by atoms with Gasteiger partial charge in [-0.25, -0.2) is 0 Å². The summed E-state index contributed by atoms with van der Waals surface area (Å²) in [6.07, 6.45) is 2.72. The summed E-state index contributed by atoms with van der Waals surface area (Å²) in [4.78, 5) is 2.67. The van der Waals surface area contributed by atoms with Crippen LogP contribution in [0.15, 0.2) is 0 Å². The molecule has 2 nitrogen and oxygen atoms in total. The van der Waals surface area contributed by atoms with E-state index in [4.69, 9.17) is 0 Å². The van der Waals surface area contributed by atoms with E-state index in [1.807, 2.05) is 0 Å². The molecule has 0 amide bonds. The fraction of sp³-hybridized carbons (Fsp3) is 1.00. The number of piperazine rings is 1. The third-order valence-electron chi connectivity index (χ3n) is 3.76. The standard InChI is InChI=1S/C14H30N2/c1-11(2)7-6-8-16-10-14(12(3)4)15-9-13(16)5/h11-15H,6-10H2,1-5H3. The van der Waals surface area contributed by atoms with Crippen LogP contribution < -0.4 is 5.32 Å². The second-order valence-corrected chi connectivity index (χ2v) is 6.14. The molecule has 2 unspecified atom stereocenters. The molecular formula is C14H30N2. The summed E-state index contributed by atoms with van der Waals surface area (Å²) < 4.78 is 0. The quantitative estimate of drug-likeness (QED) is 0.775. The Bertz CT molecular complexity index is 189. The molecule has 0 aromatic carbocycles. The number of rotatable bonds is 5. The van der Waals surface area contributed by atoms with Gasteiger partial charge < -0.3 is 5.32 Å². The maximum absolute atomic E-state index is 3.66. The molecule has 2 heteroatoms. The highest BCUT2D eigenvalue weighted by atomic mass is 15.2. The lowest BCUT2D eigenvalue weighted by Crippen LogP contribution is -2.57. The second-order valence-electron chi connectivity index (χ2n) is 6.14. The van der Waals surface area contributed by atoms with Gasteiger partial charge in [-0.1, -0.05) is 27.7 Å². The molecule has 1 N–H and O–H groups in total. The third-order valence-corrected chi connectivity index (χ3v) is 3.76. The highest BCUT2D eigenvalue weighted by molar-refractivity contribution is 4.85. The first-order chi connectivity index (χ1) is 7.50. The Labute approximate surface area is 102 Å². The molecular weight excluding hydrogens is 196 g/mol. The minimum absolute atomic E-state index is 0.690. The van der Waals surface area contributed by atoms with Crippen LogP contribution >= 0.6 is 0 Å². The average Bonchev–Trinajstić information content (AvgIpc) is 2.20. The molecule has 0 aromatic heterocycles. The lowest BCUT2D eigenvalue weighted by Gasteiger charge is -2.40. The summed E-state index contributed by atoms with van der Waals surface area (Å²) in [6, 6.07) is 1.40. The third kappa shape index (κ3) is 4.42. The molecule has 0 spiro atoms. The number of hydrogen-bond acceptors (Lipinski definition) is 2. The van der Waals surface area contributed by atoms with Gasteiger partial charge in [-0.05, 0) is 38.1 Å². The molecule has 16 heavy (non-hydrogen) atoms. The summed E-state index contributed by atoms with van der Waals surface area (Å²) in [5, 5.41) is 3.66. The van der Waals surface area contributed by atoms with E-state index in [9.17, 15) is 0 Å². The summed E-state index contributed by atoms with van der Waals surface area (Å²) >= 11 is 0. The number of nitrogens with one attached hydrogen (secondary N) is 1. The molecule has 1 rings (SSSR count). The van der Waals surface area contributed by atoms with Gasteiger partial charge in [0.25, 0.3) is 0 Å². The SMILES string of the molecule is CC(C)CCCN1CC(C(C)C)NCC1C. The first-order valence-corrected chi connectivity index (χ1v) is 6.98. The molecule has 1 aliphatic rings. The first kappa shape index (κ1) is 14.0. The van der Waals surface area contributed by atoms with Crippen LogP contribution in [0.2, 0.25) is 0 Å². The molecule has 0 aromatic rings. The van der Waals surface area contributed by atoms with Crippen molar-refractivity contribution in [3.63, 3.8) is 0 Å². The molecule has 1 saturated heterocycles. The second kappa shape index (κ2) is 6.61. The van der Waals surface area contributed by atoms with Gasteiger partial charge in [-0.15, -0.1) is 0 Å². The molecule has 96 valence electrons. The van der Waals surface area contributed by atoms with E-state index in [0.717, 1.165) is 18.4 Å². The van der Waals surface area contributed by atoms with E-state index in [0.29, 0.717) is 12.1 Å². The van der Waals surface area contributed by atoms with Crippen molar-refractivity contribution >= 4 is 0 Å². The molecule has 1 fully saturated rings. The summed E-state index contributed by atoms with van der Waals surface area (Å²) in [5.74, 6) is 1.60. The summed E-state index contributed by atoms with van der Waals surface area (Å²) in [6.45, 7) is 15.3. The van der Waals surface area contributed by atoms with Crippen molar-refractivity contribution in [2.75, 3.05) is 19.6 Å². The molecule has 1 aliphatic heterocycles. The number of nitrogens with zero attached hydrogens (tertiary/aromatic N) is 1. The number of hydrogen-bond donors (Lipinski definition) is 1. The van der Waals surface area contributed by atoms with Gasteiger partial charge in [-0.3, -0.25) is 4.90 Å². The van der Waals surface area contributed by atoms with E-state index in [1.165, 1.54) is 25.9 Å². The Morgan fingerprint density at radius 3 is 2.50 bits per heavy atom. The van der Waals surface area contributed by atoms with Gasteiger partial charge in [0.2, 0.25) is 0 Å². The van der Waals surface area contributed by atoms with Crippen molar-refractivity contribution < 1.29 is 0 Å². The van der Waals surface area contributed by atoms with Gasteiger partial charge in [0.05, 0.1) is 0 Å².